The number of hydrogen-bond donors (Lipinski definition) is 4. The van der Waals surface area contributed by atoms with E-state index in [1.54, 1.807) is 0 Å². The molecule has 0 amide bonds. The minimum Gasteiger partial charge on any atom is -0.394 e. The van der Waals surface area contributed by atoms with Crippen LogP contribution in [0, 0.1) is 46.3 Å². The molecule has 3 saturated carbocycles. The van der Waals surface area contributed by atoms with E-state index in [4.69, 9.17) is 9.47 Å². The molecule has 6 heteroatoms. The van der Waals surface area contributed by atoms with E-state index >= 15 is 0 Å². The summed E-state index contributed by atoms with van der Waals surface area (Å²) in [6.45, 7) is 16.0. The highest BCUT2D eigenvalue weighted by atomic mass is 16.7. The van der Waals surface area contributed by atoms with Gasteiger partial charge < -0.3 is 29.9 Å². The van der Waals surface area contributed by atoms with E-state index in [0.717, 1.165) is 55.3 Å². The fourth-order valence-corrected chi connectivity index (χ4v) is 10.6. The first-order valence-corrected chi connectivity index (χ1v) is 16.7. The molecule has 5 aliphatic rings. The van der Waals surface area contributed by atoms with Crippen LogP contribution in [0.4, 0.5) is 0 Å². The predicted octanol–water partition coefficient (Wildman–Crippen LogP) is 5.77. The fourth-order valence-electron chi connectivity index (χ4n) is 10.6. The summed E-state index contributed by atoms with van der Waals surface area (Å²) in [4.78, 5) is 0. The maximum Gasteiger partial charge on any atom is 0.186 e. The molecule has 0 radical (unpaired) electrons. The van der Waals surface area contributed by atoms with Crippen LogP contribution in [0.15, 0.2) is 23.8 Å². The number of allylic oxidation sites excluding steroid dienone is 2. The van der Waals surface area contributed by atoms with Crippen LogP contribution in [0.1, 0.15) is 105 Å². The van der Waals surface area contributed by atoms with Gasteiger partial charge in [0.2, 0.25) is 0 Å². The first-order valence-electron chi connectivity index (χ1n) is 16.7. The van der Waals surface area contributed by atoms with Crippen molar-refractivity contribution >= 4 is 0 Å². The van der Waals surface area contributed by atoms with Gasteiger partial charge in [0, 0.05) is 0 Å². The third-order valence-corrected chi connectivity index (χ3v) is 13.2. The Labute approximate surface area is 248 Å². The van der Waals surface area contributed by atoms with Gasteiger partial charge >= 0.3 is 0 Å². The van der Waals surface area contributed by atoms with E-state index in [1.807, 2.05) is 0 Å². The summed E-state index contributed by atoms with van der Waals surface area (Å²) in [5.41, 5.74) is 3.49. The molecule has 4 fully saturated rings. The van der Waals surface area contributed by atoms with Crippen molar-refractivity contribution < 1.29 is 29.9 Å². The maximum absolute atomic E-state index is 10.5. The third kappa shape index (κ3) is 5.64. The van der Waals surface area contributed by atoms with Crippen LogP contribution >= 0.6 is 0 Å². The van der Waals surface area contributed by atoms with Crippen molar-refractivity contribution in [3.05, 3.63) is 23.8 Å². The lowest BCUT2D eigenvalue weighted by Crippen LogP contribution is -2.60. The van der Waals surface area contributed by atoms with Gasteiger partial charge in [-0.25, -0.2) is 0 Å². The van der Waals surface area contributed by atoms with Gasteiger partial charge in [-0.15, -0.1) is 0 Å². The second-order valence-corrected chi connectivity index (χ2v) is 15.2. The molecule has 41 heavy (non-hydrogen) atoms. The average Bonchev–Trinajstić information content (AvgIpc) is 3.30. The molecule has 0 bridgehead atoms. The fraction of sp³-hybridized carbons (Fsp3) is 0.886. The van der Waals surface area contributed by atoms with Crippen molar-refractivity contribution in [3.8, 4) is 0 Å². The van der Waals surface area contributed by atoms with Crippen LogP contribution in [-0.2, 0) is 9.47 Å². The van der Waals surface area contributed by atoms with Gasteiger partial charge in [-0.05, 0) is 124 Å². The molecule has 4 N–H and O–H groups in total. The van der Waals surface area contributed by atoms with Gasteiger partial charge in [-0.2, -0.15) is 0 Å². The Kier molecular flexibility index (Phi) is 9.51. The largest absolute Gasteiger partial charge is 0.394 e. The molecule has 6 nitrogen and oxygen atoms in total. The predicted molar refractivity (Wildman–Crippen MR) is 161 cm³/mol. The lowest BCUT2D eigenvalue weighted by molar-refractivity contribution is -0.313. The minimum atomic E-state index is -1.40. The van der Waals surface area contributed by atoms with E-state index in [2.05, 4.69) is 47.3 Å². The quantitative estimate of drug-likeness (QED) is 0.261. The van der Waals surface area contributed by atoms with Crippen molar-refractivity contribution in [3.63, 3.8) is 0 Å². The zero-order valence-corrected chi connectivity index (χ0v) is 26.3. The molecule has 234 valence electrons. The highest BCUT2D eigenvalue weighted by Crippen LogP contribution is 2.67. The Morgan fingerprint density at radius 3 is 2.49 bits per heavy atom. The number of ether oxygens (including phenoxy) is 2. The molecule has 14 atom stereocenters. The third-order valence-electron chi connectivity index (χ3n) is 13.2. The molecule has 1 aliphatic heterocycles. The van der Waals surface area contributed by atoms with Crippen LogP contribution < -0.4 is 0 Å². The van der Waals surface area contributed by atoms with Crippen molar-refractivity contribution in [2.24, 2.45) is 46.3 Å². The topological polar surface area (TPSA) is 99.4 Å². The van der Waals surface area contributed by atoms with Gasteiger partial charge in [0.05, 0.1) is 12.7 Å². The lowest BCUT2D eigenvalue weighted by atomic mass is 9.47. The normalized spacial score (nSPS) is 47.5. The molecule has 0 spiro atoms. The molecule has 5 rings (SSSR count). The Morgan fingerprint density at radius 2 is 1.80 bits per heavy atom. The van der Waals surface area contributed by atoms with Gasteiger partial charge in [-0.3, -0.25) is 0 Å². The molecule has 4 aliphatic carbocycles. The summed E-state index contributed by atoms with van der Waals surface area (Å²) in [7, 11) is 0. The lowest BCUT2D eigenvalue weighted by Gasteiger charge is -2.58. The summed E-state index contributed by atoms with van der Waals surface area (Å²) in [6.07, 6.45) is 9.51. The van der Waals surface area contributed by atoms with E-state index < -0.39 is 37.3 Å². The smallest absolute Gasteiger partial charge is 0.186 e. The van der Waals surface area contributed by atoms with Crippen LogP contribution in [0.2, 0.25) is 0 Å². The van der Waals surface area contributed by atoms with Crippen LogP contribution in [0.25, 0.3) is 0 Å². The molecule has 0 aromatic carbocycles. The molecular weight excluding hydrogens is 516 g/mol. The van der Waals surface area contributed by atoms with Gasteiger partial charge in [0.1, 0.15) is 24.4 Å². The van der Waals surface area contributed by atoms with Crippen LogP contribution in [-0.4, -0.2) is 63.8 Å². The highest BCUT2D eigenvalue weighted by Gasteiger charge is 2.59. The molecule has 0 aromatic rings. The van der Waals surface area contributed by atoms with Crippen LogP contribution in [0.5, 0.6) is 0 Å². The number of aliphatic hydroxyl groups excluding tert-OH is 4. The Bertz CT molecular complexity index is 962. The van der Waals surface area contributed by atoms with Crippen LogP contribution in [0.3, 0.4) is 0 Å². The van der Waals surface area contributed by atoms with Gasteiger partial charge in [0.25, 0.3) is 0 Å². The van der Waals surface area contributed by atoms with E-state index in [1.165, 1.54) is 56.1 Å². The highest BCUT2D eigenvalue weighted by molar-refractivity contribution is 5.25. The van der Waals surface area contributed by atoms with E-state index in [-0.39, 0.29) is 11.5 Å². The molecule has 6 unspecified atom stereocenters. The van der Waals surface area contributed by atoms with E-state index in [0.29, 0.717) is 11.3 Å². The molecule has 0 aromatic heterocycles. The summed E-state index contributed by atoms with van der Waals surface area (Å²) in [5.74, 6) is 4.57. The van der Waals surface area contributed by atoms with Gasteiger partial charge in [-0.1, -0.05) is 51.5 Å². The summed E-state index contributed by atoms with van der Waals surface area (Å²) < 4.78 is 11.9. The molecular formula is C35H58O6. The molecule has 1 heterocycles. The summed E-state index contributed by atoms with van der Waals surface area (Å²) in [6, 6.07) is 0. The Balaban J connectivity index is 1.24. The summed E-state index contributed by atoms with van der Waals surface area (Å²) >= 11 is 0. The van der Waals surface area contributed by atoms with Crippen molar-refractivity contribution in [2.45, 2.75) is 142 Å². The Morgan fingerprint density at radius 1 is 1.05 bits per heavy atom. The van der Waals surface area contributed by atoms with Gasteiger partial charge in [0.15, 0.2) is 6.29 Å². The van der Waals surface area contributed by atoms with Crippen molar-refractivity contribution in [1.82, 2.24) is 0 Å². The zero-order chi connectivity index (χ0) is 29.7. The number of rotatable bonds is 9. The maximum atomic E-state index is 10.5. The SMILES string of the molecule is C=C(C)C(CC)CCC(C)C1CCC2C3CC=C4C[C@@H](O[C@@H]5O[C@H](CO)[C@@H](O)[C@H](O)[C@H]5O)CC[C@]4(C)C3CC[C@]12C. The monoisotopic (exact) mass is 574 g/mol. The first-order chi connectivity index (χ1) is 19.4. The second-order valence-electron chi connectivity index (χ2n) is 15.2. The van der Waals surface area contributed by atoms with E-state index in [9.17, 15) is 20.4 Å². The van der Waals surface area contributed by atoms with Crippen molar-refractivity contribution in [2.75, 3.05) is 6.61 Å². The molecule has 1 saturated heterocycles. The zero-order valence-electron chi connectivity index (χ0n) is 26.3. The number of hydrogen-bond acceptors (Lipinski definition) is 6. The van der Waals surface area contributed by atoms with Crippen molar-refractivity contribution in [1.29, 1.82) is 0 Å². The Hall–Kier alpha value is -0.760. The standard InChI is InChI=1S/C35H58O6/c1-7-22(20(2)3)9-8-21(4)26-12-13-27-25-11-10-23-18-24(14-16-34(23,5)28(25)15-17-35(26,27)6)40-33-32(39)31(38)30(37)29(19-36)41-33/h10,21-22,24-33,36-39H,2,7-9,11-19H2,1,3-6H3/t21?,22?,24-,25?,26?,27?,28?,29+,30+,31-,32+,33+,34-,35+/m0/s1. The minimum absolute atomic E-state index is 0.107. The second kappa shape index (κ2) is 12.3. The number of fused-ring (bicyclic) bond motifs is 5. The first kappa shape index (κ1) is 31.7. The summed E-state index contributed by atoms with van der Waals surface area (Å²) in [5, 5.41) is 40.4. The number of aliphatic hydroxyl groups is 4. The average molecular weight is 575 g/mol.